The molecule has 0 amide bonds. The van der Waals surface area contributed by atoms with Crippen LogP contribution in [-0.2, 0) is 0 Å². The zero-order valence-electron chi connectivity index (χ0n) is 13.2. The van der Waals surface area contributed by atoms with Crippen LogP contribution < -0.4 is 5.32 Å². The second-order valence-electron chi connectivity index (χ2n) is 7.36. The Balaban J connectivity index is 1.86. The molecule has 0 saturated heterocycles. The number of hydrogen-bond donors (Lipinski definition) is 1. The Bertz CT molecular complexity index is 427. The van der Waals surface area contributed by atoms with Crippen molar-refractivity contribution in [2.24, 2.45) is 11.3 Å². The van der Waals surface area contributed by atoms with E-state index >= 15 is 0 Å². The topological polar surface area (TPSA) is 12.0 Å². The lowest BCUT2D eigenvalue weighted by Gasteiger charge is -2.38. The molecule has 1 atom stereocenters. The summed E-state index contributed by atoms with van der Waals surface area (Å²) in [5.74, 6) is 0.890. The largest absolute Gasteiger partial charge is 0.307 e. The van der Waals surface area contributed by atoms with Crippen molar-refractivity contribution in [3.63, 3.8) is 0 Å². The first kappa shape index (κ1) is 16.0. The summed E-state index contributed by atoms with van der Waals surface area (Å²) in [6, 6.07) is 9.76. The second kappa shape index (κ2) is 6.62. The second-order valence-corrected chi connectivity index (χ2v) is 8.27. The summed E-state index contributed by atoms with van der Waals surface area (Å²) >= 11 is 3.56. The Labute approximate surface area is 132 Å². The van der Waals surface area contributed by atoms with Crippen LogP contribution in [0.2, 0.25) is 0 Å². The molecule has 1 fully saturated rings. The number of rotatable bonds is 3. The molecule has 1 nitrogen and oxygen atoms in total. The van der Waals surface area contributed by atoms with Gasteiger partial charge in [0.15, 0.2) is 0 Å². The molecule has 1 aliphatic carbocycles. The van der Waals surface area contributed by atoms with Crippen LogP contribution in [0.1, 0.15) is 65.0 Å². The zero-order chi connectivity index (χ0) is 14.8. The number of halogens is 1. The summed E-state index contributed by atoms with van der Waals surface area (Å²) in [7, 11) is 0. The first-order valence-electron chi connectivity index (χ1n) is 7.88. The van der Waals surface area contributed by atoms with Crippen molar-refractivity contribution in [2.75, 3.05) is 0 Å². The van der Waals surface area contributed by atoms with Gasteiger partial charge in [-0.15, -0.1) is 0 Å². The summed E-state index contributed by atoms with van der Waals surface area (Å²) in [6.07, 6.45) is 5.37. The molecule has 1 saturated carbocycles. The van der Waals surface area contributed by atoms with Gasteiger partial charge in [-0.2, -0.15) is 0 Å². The van der Waals surface area contributed by atoms with E-state index in [2.05, 4.69) is 73.2 Å². The highest BCUT2D eigenvalue weighted by molar-refractivity contribution is 9.10. The molecular formula is C18H28BrN. The Morgan fingerprint density at radius 1 is 1.15 bits per heavy atom. The van der Waals surface area contributed by atoms with Crippen molar-refractivity contribution < 1.29 is 0 Å². The monoisotopic (exact) mass is 337 g/mol. The van der Waals surface area contributed by atoms with E-state index in [-0.39, 0.29) is 0 Å². The van der Waals surface area contributed by atoms with Gasteiger partial charge in [-0.3, -0.25) is 0 Å². The molecule has 0 radical (unpaired) electrons. The number of benzene rings is 1. The van der Waals surface area contributed by atoms with Crippen molar-refractivity contribution in [2.45, 2.75) is 65.5 Å². The van der Waals surface area contributed by atoms with Gasteiger partial charge in [-0.05, 0) is 61.6 Å². The SMILES string of the molecule is CC(NC1CCC(C(C)(C)C)CC1)c1cccc(Br)c1. The minimum absolute atomic E-state index is 0.434. The van der Waals surface area contributed by atoms with Gasteiger partial charge in [0.05, 0.1) is 0 Å². The summed E-state index contributed by atoms with van der Waals surface area (Å²) in [6.45, 7) is 9.43. The lowest BCUT2D eigenvalue weighted by atomic mass is 9.71. The van der Waals surface area contributed by atoms with Crippen LogP contribution >= 0.6 is 15.9 Å². The van der Waals surface area contributed by atoms with Gasteiger partial charge in [0.1, 0.15) is 0 Å². The maximum atomic E-state index is 3.81. The van der Waals surface area contributed by atoms with Gasteiger partial charge in [0.2, 0.25) is 0 Å². The van der Waals surface area contributed by atoms with E-state index < -0.39 is 0 Å². The average Bonchev–Trinajstić information content (AvgIpc) is 2.38. The Morgan fingerprint density at radius 3 is 2.35 bits per heavy atom. The van der Waals surface area contributed by atoms with E-state index in [9.17, 15) is 0 Å². The van der Waals surface area contributed by atoms with Gasteiger partial charge in [-0.25, -0.2) is 0 Å². The molecule has 1 aromatic rings. The van der Waals surface area contributed by atoms with Crippen LogP contribution in [0.15, 0.2) is 28.7 Å². The molecule has 0 aromatic heterocycles. The molecule has 0 heterocycles. The van der Waals surface area contributed by atoms with Crippen LogP contribution in [0.25, 0.3) is 0 Å². The maximum Gasteiger partial charge on any atom is 0.0294 e. The van der Waals surface area contributed by atoms with E-state index in [4.69, 9.17) is 0 Å². The van der Waals surface area contributed by atoms with Gasteiger partial charge in [0.25, 0.3) is 0 Å². The molecule has 2 rings (SSSR count). The third-order valence-corrected chi connectivity index (χ3v) is 5.28. The van der Waals surface area contributed by atoms with Crippen molar-refractivity contribution in [3.8, 4) is 0 Å². The van der Waals surface area contributed by atoms with Crippen LogP contribution in [0.4, 0.5) is 0 Å². The van der Waals surface area contributed by atoms with Gasteiger partial charge in [-0.1, -0.05) is 48.8 Å². The molecule has 112 valence electrons. The Morgan fingerprint density at radius 2 is 1.80 bits per heavy atom. The van der Waals surface area contributed by atoms with Crippen LogP contribution in [0.3, 0.4) is 0 Å². The average molecular weight is 338 g/mol. The Hall–Kier alpha value is -0.340. The fourth-order valence-corrected chi connectivity index (χ4v) is 3.77. The third-order valence-electron chi connectivity index (χ3n) is 4.79. The molecule has 2 heteroatoms. The minimum atomic E-state index is 0.434. The van der Waals surface area contributed by atoms with Gasteiger partial charge >= 0.3 is 0 Å². The molecule has 1 aliphatic rings. The van der Waals surface area contributed by atoms with Crippen LogP contribution in [0.5, 0.6) is 0 Å². The Kier molecular flexibility index (Phi) is 5.30. The highest BCUT2D eigenvalue weighted by Crippen LogP contribution is 2.38. The van der Waals surface area contributed by atoms with Crippen LogP contribution in [0, 0.1) is 11.3 Å². The van der Waals surface area contributed by atoms with E-state index in [1.165, 1.54) is 35.7 Å². The van der Waals surface area contributed by atoms with E-state index in [0.29, 0.717) is 17.5 Å². The standard InChI is InChI=1S/C18H28BrN/c1-13(14-6-5-7-16(19)12-14)20-17-10-8-15(9-11-17)18(2,3)4/h5-7,12-13,15,17,20H,8-11H2,1-4H3. The maximum absolute atomic E-state index is 3.81. The van der Waals surface area contributed by atoms with Crippen molar-refractivity contribution in [3.05, 3.63) is 34.3 Å². The van der Waals surface area contributed by atoms with Crippen molar-refractivity contribution in [1.29, 1.82) is 0 Å². The van der Waals surface area contributed by atoms with Crippen molar-refractivity contribution in [1.82, 2.24) is 5.32 Å². The minimum Gasteiger partial charge on any atom is -0.307 e. The van der Waals surface area contributed by atoms with E-state index in [1.54, 1.807) is 0 Å². The molecule has 0 aliphatic heterocycles. The summed E-state index contributed by atoms with van der Waals surface area (Å²) < 4.78 is 1.17. The lowest BCUT2D eigenvalue weighted by Crippen LogP contribution is -2.37. The molecule has 0 spiro atoms. The third kappa shape index (κ3) is 4.33. The van der Waals surface area contributed by atoms with E-state index in [1.807, 2.05) is 0 Å². The first-order valence-corrected chi connectivity index (χ1v) is 8.67. The van der Waals surface area contributed by atoms with Gasteiger partial charge < -0.3 is 5.32 Å². The molecule has 20 heavy (non-hydrogen) atoms. The summed E-state index contributed by atoms with van der Waals surface area (Å²) in [5, 5.41) is 3.81. The summed E-state index contributed by atoms with van der Waals surface area (Å²) in [4.78, 5) is 0. The zero-order valence-corrected chi connectivity index (χ0v) is 14.8. The summed E-state index contributed by atoms with van der Waals surface area (Å²) in [5.41, 5.74) is 1.85. The normalized spacial score (nSPS) is 25.4. The fraction of sp³-hybridized carbons (Fsp3) is 0.667. The molecule has 1 N–H and O–H groups in total. The predicted molar refractivity (Wildman–Crippen MR) is 90.9 cm³/mol. The molecule has 0 bridgehead atoms. The van der Waals surface area contributed by atoms with Crippen molar-refractivity contribution >= 4 is 15.9 Å². The molecule has 1 aromatic carbocycles. The smallest absolute Gasteiger partial charge is 0.0294 e. The van der Waals surface area contributed by atoms with Crippen LogP contribution in [-0.4, -0.2) is 6.04 Å². The highest BCUT2D eigenvalue weighted by Gasteiger charge is 2.30. The van der Waals surface area contributed by atoms with Gasteiger partial charge in [0, 0.05) is 16.6 Å². The first-order chi connectivity index (χ1) is 9.36. The quantitative estimate of drug-likeness (QED) is 0.745. The lowest BCUT2D eigenvalue weighted by molar-refractivity contribution is 0.157. The fourth-order valence-electron chi connectivity index (χ4n) is 3.35. The number of hydrogen-bond acceptors (Lipinski definition) is 1. The number of nitrogens with one attached hydrogen (secondary N) is 1. The predicted octanol–water partition coefficient (Wildman–Crippen LogP) is 5.70. The van der Waals surface area contributed by atoms with E-state index in [0.717, 1.165) is 5.92 Å². The molecular weight excluding hydrogens is 310 g/mol. The highest BCUT2D eigenvalue weighted by atomic mass is 79.9. The molecule has 1 unspecified atom stereocenters.